The molecule has 0 aliphatic rings. The smallest absolute Gasteiger partial charge is 0.416 e. The highest BCUT2D eigenvalue weighted by Crippen LogP contribution is 2.34. The molecule has 168 valence electrons. The van der Waals surface area contributed by atoms with Gasteiger partial charge in [-0.1, -0.05) is 36.4 Å². The van der Waals surface area contributed by atoms with Gasteiger partial charge in [-0.05, 0) is 42.0 Å². The summed E-state index contributed by atoms with van der Waals surface area (Å²) in [5.74, 6) is -0.165. The zero-order chi connectivity index (χ0) is 23.8. The van der Waals surface area contributed by atoms with E-state index < -0.39 is 23.1 Å². The van der Waals surface area contributed by atoms with Crippen LogP contribution in [0.15, 0.2) is 77.6 Å². The molecule has 0 aliphatic carbocycles. The minimum atomic E-state index is -4.58. The number of amides is 1. The number of carbonyl (C=O) groups is 1. The Morgan fingerprint density at radius 2 is 1.67 bits per heavy atom. The van der Waals surface area contributed by atoms with E-state index in [1.54, 1.807) is 60.1 Å². The van der Waals surface area contributed by atoms with E-state index in [1.165, 1.54) is 19.2 Å². The minimum absolute atomic E-state index is 0.0365. The number of aromatic nitrogens is 1. The number of fused-ring (bicyclic) bond motifs is 1. The normalized spacial score (nSPS) is 11.4. The third-order valence-electron chi connectivity index (χ3n) is 5.37. The maximum Gasteiger partial charge on any atom is 0.416 e. The number of para-hydroxylation sites is 2. The Morgan fingerprint density at radius 1 is 0.970 bits per heavy atom. The van der Waals surface area contributed by atoms with Gasteiger partial charge in [-0.15, -0.1) is 0 Å². The molecule has 1 aromatic heterocycles. The summed E-state index contributed by atoms with van der Waals surface area (Å²) >= 11 is 0. The molecule has 1 heterocycles. The molecule has 3 aromatic carbocycles. The van der Waals surface area contributed by atoms with Gasteiger partial charge in [0, 0.05) is 12.4 Å². The molecule has 1 N–H and O–H groups in total. The second-order valence-electron chi connectivity index (χ2n) is 7.36. The fraction of sp³-hybridized carbons (Fsp3) is 0.120. The van der Waals surface area contributed by atoms with E-state index in [0.29, 0.717) is 16.7 Å². The van der Waals surface area contributed by atoms with Gasteiger partial charge < -0.3 is 14.6 Å². The van der Waals surface area contributed by atoms with Crippen molar-refractivity contribution in [3.05, 3.63) is 94.1 Å². The zero-order valence-electron chi connectivity index (χ0n) is 17.7. The number of nitrogens with one attached hydrogen (secondary N) is 1. The lowest BCUT2D eigenvalue weighted by Crippen LogP contribution is -2.22. The Kier molecular flexibility index (Phi) is 5.68. The molecule has 8 heteroatoms. The second kappa shape index (κ2) is 8.46. The lowest BCUT2D eigenvalue weighted by Gasteiger charge is -2.19. The van der Waals surface area contributed by atoms with E-state index in [1.807, 2.05) is 0 Å². The maximum atomic E-state index is 13.4. The third kappa shape index (κ3) is 4.07. The number of carbonyl (C=O) groups excluding carboxylic acids is 1. The van der Waals surface area contributed by atoms with Crippen molar-refractivity contribution in [3.8, 4) is 16.9 Å². The highest BCUT2D eigenvalue weighted by atomic mass is 19.4. The maximum absolute atomic E-state index is 13.4. The van der Waals surface area contributed by atoms with Crippen LogP contribution >= 0.6 is 0 Å². The molecule has 0 fully saturated rings. The molecular weight excluding hydrogens is 433 g/mol. The van der Waals surface area contributed by atoms with Gasteiger partial charge in [0.15, 0.2) is 5.43 Å². The molecule has 0 radical (unpaired) electrons. The van der Waals surface area contributed by atoms with Crippen molar-refractivity contribution < 1.29 is 22.7 Å². The first-order valence-corrected chi connectivity index (χ1v) is 9.96. The van der Waals surface area contributed by atoms with Crippen molar-refractivity contribution in [2.24, 2.45) is 7.05 Å². The molecule has 1 amide bonds. The molecule has 0 bridgehead atoms. The van der Waals surface area contributed by atoms with Crippen molar-refractivity contribution in [2.45, 2.75) is 6.18 Å². The van der Waals surface area contributed by atoms with Crippen LogP contribution in [0, 0.1) is 0 Å². The first kappa shape index (κ1) is 22.1. The van der Waals surface area contributed by atoms with Crippen molar-refractivity contribution in [3.63, 3.8) is 0 Å². The van der Waals surface area contributed by atoms with Gasteiger partial charge in [-0.2, -0.15) is 13.2 Å². The summed E-state index contributed by atoms with van der Waals surface area (Å²) in [7, 11) is 3.06. The van der Waals surface area contributed by atoms with Gasteiger partial charge in [0.25, 0.3) is 5.91 Å². The first-order valence-electron chi connectivity index (χ1n) is 9.96. The van der Waals surface area contributed by atoms with Gasteiger partial charge in [-0.25, -0.2) is 0 Å². The highest BCUT2D eigenvalue weighted by Gasteiger charge is 2.31. The number of pyridine rings is 1. The predicted molar refractivity (Wildman–Crippen MR) is 121 cm³/mol. The van der Waals surface area contributed by atoms with Crippen LogP contribution in [0.1, 0.15) is 15.9 Å². The van der Waals surface area contributed by atoms with Crippen LogP contribution in [0.5, 0.6) is 5.75 Å². The van der Waals surface area contributed by atoms with Gasteiger partial charge in [0.05, 0.1) is 29.3 Å². The largest absolute Gasteiger partial charge is 0.496 e. The third-order valence-corrected chi connectivity index (χ3v) is 5.37. The van der Waals surface area contributed by atoms with Gasteiger partial charge >= 0.3 is 6.18 Å². The Morgan fingerprint density at radius 3 is 2.39 bits per heavy atom. The standard InChI is InChI=1S/C25H19F3N2O3/c1-30-19-12-5-3-10-17(19)22(31)21(15-8-7-9-16(14-15)25(26,27)28)23(30)29-24(32)18-11-4-6-13-20(18)33-2/h3-14H,1-2H3,(H,29,32). The van der Waals surface area contributed by atoms with Crippen LogP contribution in [0.3, 0.4) is 0 Å². The number of hydrogen-bond donors (Lipinski definition) is 1. The number of alkyl halides is 3. The summed E-state index contributed by atoms with van der Waals surface area (Å²) in [6.45, 7) is 0. The van der Waals surface area contributed by atoms with Crippen LogP contribution in [0.4, 0.5) is 19.0 Å². The minimum Gasteiger partial charge on any atom is -0.496 e. The number of rotatable bonds is 4. The number of benzene rings is 3. The van der Waals surface area contributed by atoms with Crippen molar-refractivity contribution in [1.82, 2.24) is 4.57 Å². The van der Waals surface area contributed by atoms with Gasteiger partial charge in [0.1, 0.15) is 11.6 Å². The molecule has 0 saturated heterocycles. The molecule has 0 unspecified atom stereocenters. The summed E-state index contributed by atoms with van der Waals surface area (Å²) in [6.07, 6.45) is -4.58. The van der Waals surface area contributed by atoms with Gasteiger partial charge in [0.2, 0.25) is 0 Å². The van der Waals surface area contributed by atoms with E-state index in [2.05, 4.69) is 5.32 Å². The van der Waals surface area contributed by atoms with Crippen LogP contribution in [0.25, 0.3) is 22.0 Å². The highest BCUT2D eigenvalue weighted by molar-refractivity contribution is 6.08. The van der Waals surface area contributed by atoms with E-state index in [-0.39, 0.29) is 22.5 Å². The fourth-order valence-electron chi connectivity index (χ4n) is 3.76. The van der Waals surface area contributed by atoms with E-state index >= 15 is 0 Å². The van der Waals surface area contributed by atoms with E-state index in [9.17, 15) is 22.8 Å². The zero-order valence-corrected chi connectivity index (χ0v) is 17.7. The number of nitrogens with zero attached hydrogens (tertiary/aromatic N) is 1. The molecule has 5 nitrogen and oxygen atoms in total. The molecule has 0 saturated carbocycles. The van der Waals surface area contributed by atoms with Crippen LogP contribution in [0.2, 0.25) is 0 Å². The molecule has 0 aliphatic heterocycles. The summed E-state index contributed by atoms with van der Waals surface area (Å²) in [4.78, 5) is 26.6. The molecule has 33 heavy (non-hydrogen) atoms. The second-order valence-corrected chi connectivity index (χ2v) is 7.36. The van der Waals surface area contributed by atoms with Crippen LogP contribution in [-0.2, 0) is 13.2 Å². The number of halogens is 3. The number of methoxy groups -OCH3 is 1. The van der Waals surface area contributed by atoms with Crippen LogP contribution < -0.4 is 15.5 Å². The van der Waals surface area contributed by atoms with Crippen molar-refractivity contribution in [2.75, 3.05) is 12.4 Å². The van der Waals surface area contributed by atoms with Crippen molar-refractivity contribution >= 4 is 22.6 Å². The number of aryl methyl sites for hydroxylation is 1. The summed E-state index contributed by atoms with van der Waals surface area (Å²) in [5, 5.41) is 3.04. The lowest BCUT2D eigenvalue weighted by atomic mass is 10.00. The number of anilines is 1. The Labute approximate surface area is 187 Å². The summed E-state index contributed by atoms with van der Waals surface area (Å²) < 4.78 is 46.9. The summed E-state index contributed by atoms with van der Waals surface area (Å²) in [5.41, 5.74) is -0.628. The molecule has 4 aromatic rings. The Balaban J connectivity index is 1.97. The average molecular weight is 452 g/mol. The average Bonchev–Trinajstić information content (AvgIpc) is 2.82. The molecule has 0 atom stereocenters. The van der Waals surface area contributed by atoms with E-state index in [0.717, 1.165) is 12.1 Å². The lowest BCUT2D eigenvalue weighted by molar-refractivity contribution is -0.137. The molecule has 4 rings (SSSR count). The molecular formula is C25H19F3N2O3. The number of hydrogen-bond acceptors (Lipinski definition) is 3. The van der Waals surface area contributed by atoms with E-state index in [4.69, 9.17) is 4.74 Å². The quantitative estimate of drug-likeness (QED) is 0.446. The summed E-state index contributed by atoms with van der Waals surface area (Å²) in [6, 6.07) is 17.7. The van der Waals surface area contributed by atoms with Gasteiger partial charge in [-0.3, -0.25) is 9.59 Å². The topological polar surface area (TPSA) is 60.3 Å². The fourth-order valence-corrected chi connectivity index (χ4v) is 3.76. The molecule has 0 spiro atoms. The first-order chi connectivity index (χ1) is 15.7. The Bertz CT molecular complexity index is 1420. The van der Waals surface area contributed by atoms with Crippen LogP contribution in [-0.4, -0.2) is 17.6 Å². The SMILES string of the molecule is COc1ccccc1C(=O)Nc1c(-c2cccc(C(F)(F)F)c2)c(=O)c2ccccc2n1C. The number of ether oxygens (including phenoxy) is 1. The predicted octanol–water partition coefficient (Wildman–Crippen LogP) is 5.49. The Hall–Kier alpha value is -4.07. The monoisotopic (exact) mass is 452 g/mol. The van der Waals surface area contributed by atoms with Crippen molar-refractivity contribution in [1.29, 1.82) is 0 Å².